The quantitative estimate of drug-likeness (QED) is 0.633. The highest BCUT2D eigenvalue weighted by Crippen LogP contribution is 2.24. The Kier molecular flexibility index (Phi) is 4.37. The fraction of sp³-hybridized carbons (Fsp3) is 0.350. The second-order valence-corrected chi connectivity index (χ2v) is 6.90. The van der Waals surface area contributed by atoms with Crippen LogP contribution in [0.3, 0.4) is 0 Å². The zero-order chi connectivity index (χ0) is 16.3. The third kappa shape index (κ3) is 3.73. The summed E-state index contributed by atoms with van der Waals surface area (Å²) in [5, 5.41) is 0. The molecule has 23 heavy (non-hydrogen) atoms. The normalized spacial score (nSPS) is 11.8. The van der Waals surface area contributed by atoms with Crippen LogP contribution >= 0.6 is 0 Å². The number of rotatable bonds is 5. The fourth-order valence-corrected chi connectivity index (χ4v) is 2.66. The lowest BCUT2D eigenvalue weighted by molar-refractivity contribution is 0.302. The minimum atomic E-state index is 0.182. The first-order valence-electron chi connectivity index (χ1n) is 8.17. The van der Waals surface area contributed by atoms with Gasteiger partial charge in [0.2, 0.25) is 0 Å². The van der Waals surface area contributed by atoms with Gasteiger partial charge >= 0.3 is 0 Å². The number of aromatic nitrogens is 2. The molecule has 0 radical (unpaired) electrons. The van der Waals surface area contributed by atoms with Crippen LogP contribution in [0.1, 0.15) is 32.8 Å². The van der Waals surface area contributed by atoms with Crippen molar-refractivity contribution in [3.63, 3.8) is 0 Å². The van der Waals surface area contributed by atoms with Crippen molar-refractivity contribution in [2.75, 3.05) is 6.61 Å². The van der Waals surface area contributed by atoms with Crippen LogP contribution in [0.4, 0.5) is 0 Å². The van der Waals surface area contributed by atoms with Gasteiger partial charge in [-0.1, -0.05) is 45.0 Å². The molecule has 0 unspecified atom stereocenters. The molecule has 0 atom stereocenters. The average molecular weight is 308 g/mol. The minimum Gasteiger partial charge on any atom is -0.494 e. The van der Waals surface area contributed by atoms with Crippen LogP contribution in [0, 0.1) is 0 Å². The summed E-state index contributed by atoms with van der Waals surface area (Å²) < 4.78 is 8.03. The van der Waals surface area contributed by atoms with Gasteiger partial charge in [0.05, 0.1) is 24.0 Å². The summed E-state index contributed by atoms with van der Waals surface area (Å²) in [6.45, 7) is 8.29. The summed E-state index contributed by atoms with van der Waals surface area (Å²) in [4.78, 5) is 4.41. The summed E-state index contributed by atoms with van der Waals surface area (Å²) >= 11 is 0. The fourth-order valence-electron chi connectivity index (χ4n) is 2.66. The highest BCUT2D eigenvalue weighted by Gasteiger charge is 2.12. The maximum absolute atomic E-state index is 5.85. The van der Waals surface area contributed by atoms with Crippen LogP contribution in [0.15, 0.2) is 54.9 Å². The van der Waals surface area contributed by atoms with Crippen LogP contribution in [0.5, 0.6) is 5.75 Å². The van der Waals surface area contributed by atoms with E-state index >= 15 is 0 Å². The second-order valence-electron chi connectivity index (χ2n) is 6.90. The lowest BCUT2D eigenvalue weighted by atomic mass is 9.87. The zero-order valence-corrected chi connectivity index (χ0v) is 14.1. The summed E-state index contributed by atoms with van der Waals surface area (Å²) in [6, 6.07) is 16.6. The maximum atomic E-state index is 5.85. The van der Waals surface area contributed by atoms with Gasteiger partial charge in [-0.15, -0.1) is 0 Å². The van der Waals surface area contributed by atoms with E-state index < -0.39 is 0 Å². The first kappa shape index (κ1) is 15.6. The molecule has 0 amide bonds. The van der Waals surface area contributed by atoms with Crippen molar-refractivity contribution in [2.24, 2.45) is 0 Å². The molecule has 0 N–H and O–H groups in total. The van der Waals surface area contributed by atoms with E-state index in [-0.39, 0.29) is 5.41 Å². The Morgan fingerprint density at radius 1 is 1.00 bits per heavy atom. The molecule has 3 heteroatoms. The Bertz CT molecular complexity index is 766. The zero-order valence-electron chi connectivity index (χ0n) is 14.1. The molecule has 120 valence electrons. The van der Waals surface area contributed by atoms with E-state index in [1.54, 1.807) is 0 Å². The Hall–Kier alpha value is -2.29. The number of aryl methyl sites for hydroxylation is 1. The molecule has 0 fully saturated rings. The van der Waals surface area contributed by atoms with E-state index in [1.807, 2.05) is 24.5 Å². The summed E-state index contributed by atoms with van der Waals surface area (Å²) in [6.07, 6.45) is 2.87. The lowest BCUT2D eigenvalue weighted by Gasteiger charge is -2.19. The van der Waals surface area contributed by atoms with Crippen molar-refractivity contribution in [3.8, 4) is 5.75 Å². The van der Waals surface area contributed by atoms with Gasteiger partial charge in [-0.3, -0.25) is 0 Å². The predicted octanol–water partition coefficient (Wildman–Crippen LogP) is 4.80. The lowest BCUT2D eigenvalue weighted by Crippen LogP contribution is -2.10. The number of para-hydroxylation sites is 2. The van der Waals surface area contributed by atoms with Crippen LogP contribution in [-0.4, -0.2) is 16.2 Å². The molecule has 0 aliphatic heterocycles. The number of hydrogen-bond donors (Lipinski definition) is 0. The molecule has 0 aliphatic carbocycles. The molecular formula is C20H24N2O. The molecule has 1 aromatic heterocycles. The van der Waals surface area contributed by atoms with Crippen molar-refractivity contribution in [1.29, 1.82) is 0 Å². The first-order valence-corrected chi connectivity index (χ1v) is 8.17. The van der Waals surface area contributed by atoms with E-state index in [0.717, 1.165) is 24.2 Å². The summed E-state index contributed by atoms with van der Waals surface area (Å²) in [5.41, 5.74) is 3.74. The van der Waals surface area contributed by atoms with Crippen molar-refractivity contribution in [2.45, 2.75) is 39.2 Å². The van der Waals surface area contributed by atoms with E-state index in [4.69, 9.17) is 4.74 Å². The van der Waals surface area contributed by atoms with Crippen LogP contribution in [0.2, 0.25) is 0 Å². The van der Waals surface area contributed by atoms with E-state index in [1.165, 1.54) is 11.1 Å². The van der Waals surface area contributed by atoms with Crippen molar-refractivity contribution in [3.05, 3.63) is 60.4 Å². The number of imidazole rings is 1. The SMILES string of the molecule is CC(C)(C)c1ccc(OCCCn2cnc3ccccc32)cc1. The first-order chi connectivity index (χ1) is 11.0. The topological polar surface area (TPSA) is 27.1 Å². The Balaban J connectivity index is 1.52. The molecule has 0 spiro atoms. The van der Waals surface area contributed by atoms with Crippen molar-refractivity contribution >= 4 is 11.0 Å². The van der Waals surface area contributed by atoms with Crippen molar-refractivity contribution < 1.29 is 4.74 Å². The summed E-state index contributed by atoms with van der Waals surface area (Å²) in [7, 11) is 0. The molecule has 2 aromatic carbocycles. The van der Waals surface area contributed by atoms with Gasteiger partial charge in [0.15, 0.2) is 0 Å². The minimum absolute atomic E-state index is 0.182. The number of fused-ring (bicyclic) bond motifs is 1. The standard InChI is InChI=1S/C20H24N2O/c1-20(2,3)16-9-11-17(12-10-16)23-14-6-13-22-15-21-18-7-4-5-8-19(18)22/h4-5,7-12,15H,6,13-14H2,1-3H3. The van der Waals surface area contributed by atoms with Gasteiger partial charge in [-0.05, 0) is 41.7 Å². The maximum Gasteiger partial charge on any atom is 0.119 e. The van der Waals surface area contributed by atoms with E-state index in [2.05, 4.69) is 60.7 Å². The molecule has 0 saturated heterocycles. The van der Waals surface area contributed by atoms with Gasteiger partial charge in [0, 0.05) is 6.54 Å². The number of ether oxygens (including phenoxy) is 1. The van der Waals surface area contributed by atoms with E-state index in [9.17, 15) is 0 Å². The number of hydrogen-bond acceptors (Lipinski definition) is 2. The molecule has 0 saturated carbocycles. The molecular weight excluding hydrogens is 284 g/mol. The third-order valence-corrected chi connectivity index (χ3v) is 4.06. The second kappa shape index (κ2) is 6.45. The van der Waals surface area contributed by atoms with Gasteiger partial charge in [0.1, 0.15) is 5.75 Å². The highest BCUT2D eigenvalue weighted by molar-refractivity contribution is 5.74. The van der Waals surface area contributed by atoms with Crippen LogP contribution < -0.4 is 4.74 Å². The molecule has 0 aliphatic rings. The Morgan fingerprint density at radius 3 is 2.48 bits per heavy atom. The monoisotopic (exact) mass is 308 g/mol. The molecule has 1 heterocycles. The van der Waals surface area contributed by atoms with Crippen molar-refractivity contribution in [1.82, 2.24) is 9.55 Å². The predicted molar refractivity (Wildman–Crippen MR) is 95.0 cm³/mol. The van der Waals surface area contributed by atoms with Crippen LogP contribution in [-0.2, 0) is 12.0 Å². The van der Waals surface area contributed by atoms with E-state index in [0.29, 0.717) is 6.61 Å². The molecule has 3 aromatic rings. The molecule has 3 nitrogen and oxygen atoms in total. The highest BCUT2D eigenvalue weighted by atomic mass is 16.5. The van der Waals surface area contributed by atoms with Crippen LogP contribution in [0.25, 0.3) is 11.0 Å². The number of benzene rings is 2. The van der Waals surface area contributed by atoms with Gasteiger partial charge in [-0.2, -0.15) is 0 Å². The summed E-state index contributed by atoms with van der Waals surface area (Å²) in [5.74, 6) is 0.938. The average Bonchev–Trinajstić information content (AvgIpc) is 2.94. The smallest absolute Gasteiger partial charge is 0.119 e. The third-order valence-electron chi connectivity index (χ3n) is 4.06. The largest absolute Gasteiger partial charge is 0.494 e. The Labute approximate surface area is 137 Å². The molecule has 3 rings (SSSR count). The van der Waals surface area contributed by atoms with Gasteiger partial charge in [0.25, 0.3) is 0 Å². The Morgan fingerprint density at radius 2 is 1.74 bits per heavy atom. The number of nitrogens with zero attached hydrogens (tertiary/aromatic N) is 2. The van der Waals surface area contributed by atoms with Gasteiger partial charge in [-0.25, -0.2) is 4.98 Å². The van der Waals surface area contributed by atoms with Gasteiger partial charge < -0.3 is 9.30 Å². The molecule has 0 bridgehead atoms.